The predicted octanol–water partition coefficient (Wildman–Crippen LogP) is 3.22. The van der Waals surface area contributed by atoms with Gasteiger partial charge < -0.3 is 10.2 Å². The maximum atomic E-state index is 11.2. The molecule has 114 valence electrons. The summed E-state index contributed by atoms with van der Waals surface area (Å²) in [6, 6.07) is 5.44. The Hall–Kier alpha value is -1.33. The van der Waals surface area contributed by atoms with Gasteiger partial charge >= 0.3 is 0 Å². The number of anilines is 1. The molecule has 2 aliphatic rings. The summed E-state index contributed by atoms with van der Waals surface area (Å²) in [4.78, 5) is 13.0. The minimum Gasteiger partial charge on any atom is -0.366 e. The second-order valence-corrected chi connectivity index (χ2v) is 6.35. The van der Waals surface area contributed by atoms with Gasteiger partial charge in [0, 0.05) is 30.2 Å². The van der Waals surface area contributed by atoms with Crippen molar-refractivity contribution in [1.82, 2.24) is 5.32 Å². The molecule has 5 nitrogen and oxygen atoms in total. The molecule has 1 aromatic rings. The summed E-state index contributed by atoms with van der Waals surface area (Å²) in [5.41, 5.74) is 0.808. The zero-order valence-electron chi connectivity index (χ0n) is 11.9. The molecule has 6 heteroatoms. The number of nitrogens with one attached hydrogen (secondary N) is 1. The summed E-state index contributed by atoms with van der Waals surface area (Å²) in [5, 5.41) is 15.3. The normalized spacial score (nSPS) is 23.5. The minimum absolute atomic E-state index is 0.150. The Bertz CT molecular complexity index is 524. The lowest BCUT2D eigenvalue weighted by Crippen LogP contribution is -2.41. The Labute approximate surface area is 129 Å². The molecule has 0 amide bonds. The van der Waals surface area contributed by atoms with E-state index in [4.69, 9.17) is 11.6 Å². The molecule has 1 N–H and O–H groups in total. The van der Waals surface area contributed by atoms with Crippen LogP contribution >= 0.6 is 11.6 Å². The van der Waals surface area contributed by atoms with Crippen LogP contribution in [0.1, 0.15) is 25.7 Å². The van der Waals surface area contributed by atoms with Crippen molar-refractivity contribution in [2.45, 2.75) is 31.7 Å². The number of nitrogens with zero attached hydrogens (tertiary/aromatic N) is 2. The molecule has 0 bridgehead atoms. The Balaban J connectivity index is 1.71. The van der Waals surface area contributed by atoms with Gasteiger partial charge in [-0.05, 0) is 50.3 Å². The third kappa shape index (κ3) is 3.14. The molecule has 0 aliphatic carbocycles. The van der Waals surface area contributed by atoms with Gasteiger partial charge in [-0.2, -0.15) is 0 Å². The van der Waals surface area contributed by atoms with Gasteiger partial charge in [0.1, 0.15) is 5.69 Å². The SMILES string of the molecule is O=[N+]([O-])c1ccc(Cl)cc1N1CCC(C2CCCN2)CC1. The van der Waals surface area contributed by atoms with Crippen LogP contribution in [0.25, 0.3) is 0 Å². The van der Waals surface area contributed by atoms with Gasteiger partial charge in [0.25, 0.3) is 5.69 Å². The quantitative estimate of drug-likeness (QED) is 0.688. The first-order valence-electron chi connectivity index (χ1n) is 7.57. The van der Waals surface area contributed by atoms with Gasteiger partial charge in [-0.3, -0.25) is 10.1 Å². The van der Waals surface area contributed by atoms with E-state index in [2.05, 4.69) is 10.2 Å². The number of benzene rings is 1. The molecule has 2 aliphatic heterocycles. The van der Waals surface area contributed by atoms with Crippen LogP contribution in [-0.4, -0.2) is 30.6 Å². The molecule has 1 aromatic carbocycles. The van der Waals surface area contributed by atoms with Crippen molar-refractivity contribution in [3.63, 3.8) is 0 Å². The van der Waals surface area contributed by atoms with Crippen LogP contribution in [0, 0.1) is 16.0 Å². The molecule has 21 heavy (non-hydrogen) atoms. The van der Waals surface area contributed by atoms with Gasteiger partial charge in [0.05, 0.1) is 4.92 Å². The first kappa shape index (κ1) is 14.6. The van der Waals surface area contributed by atoms with Crippen molar-refractivity contribution in [3.05, 3.63) is 33.3 Å². The van der Waals surface area contributed by atoms with Crippen molar-refractivity contribution in [2.24, 2.45) is 5.92 Å². The first-order chi connectivity index (χ1) is 10.1. The van der Waals surface area contributed by atoms with Gasteiger partial charge in [0.2, 0.25) is 0 Å². The lowest BCUT2D eigenvalue weighted by atomic mass is 9.88. The van der Waals surface area contributed by atoms with Gasteiger partial charge in [-0.1, -0.05) is 11.6 Å². The molecule has 1 atom stereocenters. The summed E-state index contributed by atoms with van der Waals surface area (Å²) >= 11 is 6.01. The second kappa shape index (κ2) is 6.20. The lowest BCUT2D eigenvalue weighted by molar-refractivity contribution is -0.384. The maximum Gasteiger partial charge on any atom is 0.292 e. The number of nitro benzene ring substituents is 1. The highest BCUT2D eigenvalue weighted by molar-refractivity contribution is 6.31. The maximum absolute atomic E-state index is 11.2. The summed E-state index contributed by atoms with van der Waals surface area (Å²) in [7, 11) is 0. The average molecular weight is 310 g/mol. The van der Waals surface area contributed by atoms with E-state index in [0.29, 0.717) is 22.7 Å². The van der Waals surface area contributed by atoms with Crippen LogP contribution in [-0.2, 0) is 0 Å². The van der Waals surface area contributed by atoms with E-state index in [-0.39, 0.29) is 10.6 Å². The van der Waals surface area contributed by atoms with E-state index in [9.17, 15) is 10.1 Å². The monoisotopic (exact) mass is 309 g/mol. The van der Waals surface area contributed by atoms with E-state index < -0.39 is 0 Å². The smallest absolute Gasteiger partial charge is 0.292 e. The van der Waals surface area contributed by atoms with Crippen LogP contribution in [0.15, 0.2) is 18.2 Å². The topological polar surface area (TPSA) is 58.4 Å². The summed E-state index contributed by atoms with van der Waals surface area (Å²) in [5.74, 6) is 0.696. The Morgan fingerprint density at radius 3 is 2.67 bits per heavy atom. The number of nitro groups is 1. The second-order valence-electron chi connectivity index (χ2n) is 5.92. The lowest BCUT2D eigenvalue weighted by Gasteiger charge is -2.36. The zero-order chi connectivity index (χ0) is 14.8. The average Bonchev–Trinajstić information content (AvgIpc) is 3.01. The molecule has 3 rings (SSSR count). The molecular weight excluding hydrogens is 290 g/mol. The number of hydrogen-bond acceptors (Lipinski definition) is 4. The van der Waals surface area contributed by atoms with Crippen LogP contribution in [0.3, 0.4) is 0 Å². The van der Waals surface area contributed by atoms with Gasteiger partial charge in [-0.15, -0.1) is 0 Å². The Morgan fingerprint density at radius 2 is 2.05 bits per heavy atom. The number of halogens is 1. The minimum atomic E-state index is -0.323. The fraction of sp³-hybridized carbons (Fsp3) is 0.600. The molecule has 0 radical (unpaired) electrons. The molecule has 2 saturated heterocycles. The summed E-state index contributed by atoms with van der Waals surface area (Å²) < 4.78 is 0. The Morgan fingerprint density at radius 1 is 1.29 bits per heavy atom. The largest absolute Gasteiger partial charge is 0.366 e. The highest BCUT2D eigenvalue weighted by atomic mass is 35.5. The standard InChI is InChI=1S/C15H20ClN3O2/c16-12-3-4-14(19(20)21)15(10-12)18-8-5-11(6-9-18)13-2-1-7-17-13/h3-4,10-11,13,17H,1-2,5-9H2. The van der Waals surface area contributed by atoms with E-state index >= 15 is 0 Å². The van der Waals surface area contributed by atoms with Crippen molar-refractivity contribution in [1.29, 1.82) is 0 Å². The molecule has 0 aromatic heterocycles. The number of hydrogen-bond donors (Lipinski definition) is 1. The van der Waals surface area contributed by atoms with E-state index in [0.717, 1.165) is 32.5 Å². The van der Waals surface area contributed by atoms with Crippen molar-refractivity contribution in [3.8, 4) is 0 Å². The molecule has 0 spiro atoms. The highest BCUT2D eigenvalue weighted by Gasteiger charge is 2.30. The fourth-order valence-corrected chi connectivity index (χ4v) is 3.73. The van der Waals surface area contributed by atoms with E-state index in [1.165, 1.54) is 18.9 Å². The third-order valence-corrected chi connectivity index (χ3v) is 4.92. The van der Waals surface area contributed by atoms with Crippen molar-refractivity contribution < 1.29 is 4.92 Å². The number of piperidine rings is 1. The van der Waals surface area contributed by atoms with Gasteiger partial charge in [-0.25, -0.2) is 0 Å². The van der Waals surface area contributed by atoms with Crippen LogP contribution < -0.4 is 10.2 Å². The zero-order valence-corrected chi connectivity index (χ0v) is 12.7. The third-order valence-electron chi connectivity index (χ3n) is 4.68. The molecule has 2 fully saturated rings. The number of rotatable bonds is 3. The highest BCUT2D eigenvalue weighted by Crippen LogP contribution is 2.35. The molecule has 2 heterocycles. The van der Waals surface area contributed by atoms with Crippen LogP contribution in [0.2, 0.25) is 5.02 Å². The van der Waals surface area contributed by atoms with Crippen molar-refractivity contribution in [2.75, 3.05) is 24.5 Å². The van der Waals surface area contributed by atoms with E-state index in [1.807, 2.05) is 0 Å². The first-order valence-corrected chi connectivity index (χ1v) is 7.95. The fourth-order valence-electron chi connectivity index (χ4n) is 3.56. The summed E-state index contributed by atoms with van der Waals surface area (Å²) in [6.45, 7) is 2.86. The van der Waals surface area contributed by atoms with Crippen LogP contribution in [0.5, 0.6) is 0 Å². The van der Waals surface area contributed by atoms with Crippen molar-refractivity contribution >= 4 is 23.0 Å². The van der Waals surface area contributed by atoms with Gasteiger partial charge in [0.15, 0.2) is 0 Å². The summed E-state index contributed by atoms with van der Waals surface area (Å²) in [6.07, 6.45) is 4.70. The molecular formula is C15H20ClN3O2. The van der Waals surface area contributed by atoms with E-state index in [1.54, 1.807) is 12.1 Å². The predicted molar refractivity (Wildman–Crippen MR) is 84.1 cm³/mol. The Kier molecular flexibility index (Phi) is 4.31. The molecule has 0 saturated carbocycles. The molecule has 1 unspecified atom stereocenters. The van der Waals surface area contributed by atoms with Crippen LogP contribution in [0.4, 0.5) is 11.4 Å².